The van der Waals surface area contributed by atoms with Crippen molar-refractivity contribution in [1.29, 1.82) is 0 Å². The lowest BCUT2D eigenvalue weighted by Crippen LogP contribution is -2.52. The number of nitrogens with zero attached hydrogens (tertiary/aromatic N) is 4. The molecule has 0 aromatic heterocycles. The maximum atomic E-state index is 11.2. The van der Waals surface area contributed by atoms with Gasteiger partial charge < -0.3 is 19.9 Å². The van der Waals surface area contributed by atoms with Crippen molar-refractivity contribution < 1.29 is 9.66 Å². The van der Waals surface area contributed by atoms with Crippen molar-refractivity contribution in [3.8, 4) is 5.75 Å². The molecule has 30 heavy (non-hydrogen) atoms. The van der Waals surface area contributed by atoms with Crippen LogP contribution in [0, 0.1) is 10.1 Å². The van der Waals surface area contributed by atoms with Gasteiger partial charge in [-0.1, -0.05) is 30.3 Å². The standard InChI is InChI=1S/C21H27N5O3.HI/c1-3-22-21(23-16-17-8-4-5-9-18(17)26(27)28)25-14-12-24(13-15-25)19-10-6-7-11-20(19)29-2;/h4-11H,3,12-16H2,1-2H3,(H,22,23);1H. The Kier molecular flexibility index (Phi) is 9.15. The molecule has 1 aliphatic rings. The van der Waals surface area contributed by atoms with Crippen molar-refractivity contribution in [1.82, 2.24) is 10.2 Å². The summed E-state index contributed by atoms with van der Waals surface area (Å²) in [5.41, 5.74) is 1.81. The van der Waals surface area contributed by atoms with E-state index in [1.54, 1.807) is 25.3 Å². The normalized spacial score (nSPS) is 14.1. The molecule has 0 aliphatic carbocycles. The smallest absolute Gasteiger partial charge is 0.274 e. The molecule has 0 atom stereocenters. The van der Waals surface area contributed by atoms with Crippen LogP contribution in [0.5, 0.6) is 5.75 Å². The lowest BCUT2D eigenvalue weighted by molar-refractivity contribution is -0.385. The fourth-order valence-electron chi connectivity index (χ4n) is 3.46. The number of nitro benzene ring substituents is 1. The van der Waals surface area contributed by atoms with E-state index in [0.717, 1.165) is 50.1 Å². The number of nitro groups is 1. The van der Waals surface area contributed by atoms with Crippen molar-refractivity contribution in [3.63, 3.8) is 0 Å². The SMILES string of the molecule is CCNC(=NCc1ccccc1[N+](=O)[O-])N1CCN(c2ccccc2OC)CC1.I. The molecule has 0 radical (unpaired) electrons. The van der Waals surface area contributed by atoms with Crippen LogP contribution >= 0.6 is 24.0 Å². The maximum absolute atomic E-state index is 11.2. The Morgan fingerprint density at radius 1 is 1.13 bits per heavy atom. The van der Waals surface area contributed by atoms with Crippen LogP contribution in [-0.2, 0) is 6.54 Å². The van der Waals surface area contributed by atoms with Crippen LogP contribution in [0.1, 0.15) is 12.5 Å². The fourth-order valence-corrected chi connectivity index (χ4v) is 3.46. The molecule has 0 amide bonds. The van der Waals surface area contributed by atoms with Crippen molar-refractivity contribution in [2.75, 3.05) is 44.7 Å². The van der Waals surface area contributed by atoms with Crippen LogP contribution < -0.4 is 15.0 Å². The minimum Gasteiger partial charge on any atom is -0.495 e. The lowest BCUT2D eigenvalue weighted by atomic mass is 10.2. The first-order chi connectivity index (χ1) is 14.1. The van der Waals surface area contributed by atoms with Crippen LogP contribution in [0.4, 0.5) is 11.4 Å². The Labute approximate surface area is 194 Å². The van der Waals surface area contributed by atoms with Crippen molar-refractivity contribution in [3.05, 3.63) is 64.2 Å². The number of anilines is 1. The minimum absolute atomic E-state index is 0. The van der Waals surface area contributed by atoms with Crippen LogP contribution in [0.15, 0.2) is 53.5 Å². The molecule has 0 bridgehead atoms. The minimum atomic E-state index is -0.357. The first-order valence-corrected chi connectivity index (χ1v) is 9.77. The number of para-hydroxylation sites is 3. The van der Waals surface area contributed by atoms with Gasteiger partial charge in [-0.2, -0.15) is 0 Å². The monoisotopic (exact) mass is 525 g/mol. The highest BCUT2D eigenvalue weighted by molar-refractivity contribution is 14.0. The van der Waals surface area contributed by atoms with Crippen molar-refractivity contribution >= 4 is 41.3 Å². The largest absolute Gasteiger partial charge is 0.495 e. The number of ether oxygens (including phenoxy) is 1. The second-order valence-corrected chi connectivity index (χ2v) is 6.70. The van der Waals surface area contributed by atoms with Gasteiger partial charge in [0.25, 0.3) is 5.69 Å². The summed E-state index contributed by atoms with van der Waals surface area (Å²) < 4.78 is 5.48. The van der Waals surface area contributed by atoms with Gasteiger partial charge in [0.2, 0.25) is 0 Å². The van der Waals surface area contributed by atoms with Gasteiger partial charge in [-0.15, -0.1) is 24.0 Å². The number of aliphatic imine (C=N–C) groups is 1. The lowest BCUT2D eigenvalue weighted by Gasteiger charge is -2.38. The van der Waals surface area contributed by atoms with Gasteiger partial charge in [-0.25, -0.2) is 4.99 Å². The molecule has 8 nitrogen and oxygen atoms in total. The van der Waals surface area contributed by atoms with Gasteiger partial charge in [0.1, 0.15) is 5.75 Å². The first-order valence-electron chi connectivity index (χ1n) is 9.77. The highest BCUT2D eigenvalue weighted by Gasteiger charge is 2.22. The first kappa shape index (κ1) is 23.7. The summed E-state index contributed by atoms with van der Waals surface area (Å²) in [4.78, 5) is 20.0. The molecular formula is C21H28IN5O3. The number of rotatable bonds is 6. The zero-order valence-corrected chi connectivity index (χ0v) is 19.6. The molecule has 3 rings (SSSR count). The Balaban J connectivity index is 0.00000320. The summed E-state index contributed by atoms with van der Waals surface area (Å²) in [5, 5.41) is 14.5. The fraction of sp³-hybridized carbons (Fsp3) is 0.381. The molecule has 1 saturated heterocycles. The molecular weight excluding hydrogens is 497 g/mol. The molecule has 2 aromatic carbocycles. The Hall–Kier alpha value is -2.56. The summed E-state index contributed by atoms with van der Waals surface area (Å²) in [5.74, 6) is 1.66. The van der Waals surface area contributed by atoms with Gasteiger partial charge in [0.15, 0.2) is 5.96 Å². The van der Waals surface area contributed by atoms with E-state index in [1.165, 1.54) is 6.07 Å². The van der Waals surface area contributed by atoms with Crippen LogP contribution in [-0.4, -0.2) is 55.6 Å². The van der Waals surface area contributed by atoms with Gasteiger partial charge in [-0.3, -0.25) is 10.1 Å². The van der Waals surface area contributed by atoms with Crippen molar-refractivity contribution in [2.24, 2.45) is 4.99 Å². The van der Waals surface area contributed by atoms with Crippen LogP contribution in [0.2, 0.25) is 0 Å². The zero-order valence-electron chi connectivity index (χ0n) is 17.3. The number of halogens is 1. The predicted octanol–water partition coefficient (Wildman–Crippen LogP) is 3.51. The summed E-state index contributed by atoms with van der Waals surface area (Å²) in [7, 11) is 1.69. The summed E-state index contributed by atoms with van der Waals surface area (Å²) in [6.07, 6.45) is 0. The van der Waals surface area contributed by atoms with Crippen LogP contribution in [0.3, 0.4) is 0 Å². The highest BCUT2D eigenvalue weighted by Crippen LogP contribution is 2.28. The number of hydrogen-bond donors (Lipinski definition) is 1. The third-order valence-corrected chi connectivity index (χ3v) is 4.93. The molecule has 0 unspecified atom stereocenters. The average Bonchev–Trinajstić information content (AvgIpc) is 2.77. The molecule has 1 fully saturated rings. The van der Waals surface area contributed by atoms with E-state index in [0.29, 0.717) is 5.56 Å². The molecule has 0 spiro atoms. The van der Waals surface area contributed by atoms with Gasteiger partial charge >= 0.3 is 0 Å². The van der Waals surface area contributed by atoms with Gasteiger partial charge in [-0.05, 0) is 19.1 Å². The predicted molar refractivity (Wildman–Crippen MR) is 130 cm³/mol. The number of hydrogen-bond acceptors (Lipinski definition) is 5. The zero-order chi connectivity index (χ0) is 20.6. The number of nitrogens with one attached hydrogen (secondary N) is 1. The molecule has 1 N–H and O–H groups in total. The van der Waals surface area contributed by atoms with Gasteiger partial charge in [0.05, 0.1) is 29.8 Å². The topological polar surface area (TPSA) is 83.2 Å². The molecule has 9 heteroatoms. The van der Waals surface area contributed by atoms with E-state index in [-0.39, 0.29) is 41.1 Å². The second kappa shape index (κ2) is 11.6. The number of guanidine groups is 1. The second-order valence-electron chi connectivity index (χ2n) is 6.70. The molecule has 0 saturated carbocycles. The maximum Gasteiger partial charge on any atom is 0.274 e. The summed E-state index contributed by atoms with van der Waals surface area (Å²) >= 11 is 0. The third kappa shape index (κ3) is 5.74. The Morgan fingerprint density at radius 2 is 1.80 bits per heavy atom. The molecule has 1 aliphatic heterocycles. The molecule has 2 aromatic rings. The van der Waals surface area contributed by atoms with Crippen LogP contribution in [0.25, 0.3) is 0 Å². The average molecular weight is 525 g/mol. The van der Waals surface area contributed by atoms with E-state index in [9.17, 15) is 10.1 Å². The van der Waals surface area contributed by atoms with E-state index in [1.807, 2.05) is 25.1 Å². The number of piperazine rings is 1. The van der Waals surface area contributed by atoms with E-state index < -0.39 is 0 Å². The Bertz CT molecular complexity index is 869. The van der Waals surface area contributed by atoms with E-state index >= 15 is 0 Å². The van der Waals surface area contributed by atoms with Gasteiger partial charge in [0, 0.05) is 38.8 Å². The molecule has 1 heterocycles. The summed E-state index contributed by atoms with van der Waals surface area (Å²) in [6.45, 7) is 6.33. The van der Waals surface area contributed by atoms with Crippen molar-refractivity contribution in [2.45, 2.75) is 13.5 Å². The number of methoxy groups -OCH3 is 1. The van der Waals surface area contributed by atoms with E-state index in [4.69, 9.17) is 4.74 Å². The molecule has 162 valence electrons. The number of benzene rings is 2. The summed E-state index contributed by atoms with van der Waals surface area (Å²) in [6, 6.07) is 14.8. The quantitative estimate of drug-likeness (QED) is 0.205. The third-order valence-electron chi connectivity index (χ3n) is 4.93. The van der Waals surface area contributed by atoms with E-state index in [2.05, 4.69) is 26.2 Å². The Morgan fingerprint density at radius 3 is 2.47 bits per heavy atom. The highest BCUT2D eigenvalue weighted by atomic mass is 127.